The smallest absolute Gasteiger partial charge is 0.251 e. The van der Waals surface area contributed by atoms with Gasteiger partial charge in [-0.25, -0.2) is 17.7 Å². The molecule has 1 amide bonds. The van der Waals surface area contributed by atoms with E-state index in [0.717, 1.165) is 16.3 Å². The summed E-state index contributed by atoms with van der Waals surface area (Å²) in [5.74, 6) is 0.0920. The number of halogens is 1. The van der Waals surface area contributed by atoms with Crippen LogP contribution in [-0.2, 0) is 16.6 Å². The molecule has 2 aromatic rings. The van der Waals surface area contributed by atoms with Gasteiger partial charge in [0.15, 0.2) is 0 Å². The number of nitrogens with zero attached hydrogens (tertiary/aromatic N) is 2. The summed E-state index contributed by atoms with van der Waals surface area (Å²) in [5, 5.41) is 2.78. The van der Waals surface area contributed by atoms with Gasteiger partial charge in [0.2, 0.25) is 15.9 Å². The molecule has 1 heterocycles. The van der Waals surface area contributed by atoms with Crippen molar-refractivity contribution in [2.45, 2.75) is 24.8 Å². The molecule has 0 spiro atoms. The summed E-state index contributed by atoms with van der Waals surface area (Å²) in [7, 11) is -0.793. The first-order valence-corrected chi connectivity index (χ1v) is 10.6. The molecule has 27 heavy (non-hydrogen) atoms. The number of rotatable bonds is 8. The SMILES string of the molecule is CCCOc1ncccc1CNC(=O)c1ccc(Br)c(S(=O)(=O)N(C)C)c1. The van der Waals surface area contributed by atoms with E-state index in [-0.39, 0.29) is 22.9 Å². The Morgan fingerprint density at radius 2 is 2.04 bits per heavy atom. The van der Waals surface area contributed by atoms with E-state index < -0.39 is 10.0 Å². The van der Waals surface area contributed by atoms with Crippen LogP contribution in [0.1, 0.15) is 29.3 Å². The van der Waals surface area contributed by atoms with Gasteiger partial charge in [0.1, 0.15) is 0 Å². The number of aromatic nitrogens is 1. The van der Waals surface area contributed by atoms with Gasteiger partial charge < -0.3 is 10.1 Å². The third-order valence-corrected chi connectivity index (χ3v) is 6.49. The van der Waals surface area contributed by atoms with Gasteiger partial charge in [0.25, 0.3) is 5.91 Å². The van der Waals surface area contributed by atoms with Crippen LogP contribution in [0.5, 0.6) is 5.88 Å². The lowest BCUT2D eigenvalue weighted by atomic mass is 10.2. The van der Waals surface area contributed by atoms with E-state index in [2.05, 4.69) is 26.2 Å². The minimum atomic E-state index is -3.67. The average Bonchev–Trinajstić information content (AvgIpc) is 2.65. The fourth-order valence-electron chi connectivity index (χ4n) is 2.20. The Morgan fingerprint density at radius 3 is 2.70 bits per heavy atom. The molecule has 0 saturated carbocycles. The highest BCUT2D eigenvalue weighted by Gasteiger charge is 2.22. The van der Waals surface area contributed by atoms with Gasteiger partial charge >= 0.3 is 0 Å². The van der Waals surface area contributed by atoms with Crippen molar-refractivity contribution in [3.8, 4) is 5.88 Å². The number of carbonyl (C=O) groups is 1. The van der Waals surface area contributed by atoms with Crippen LogP contribution in [0.15, 0.2) is 45.9 Å². The monoisotopic (exact) mass is 455 g/mol. The Hall–Kier alpha value is -1.97. The van der Waals surface area contributed by atoms with Crippen LogP contribution in [-0.4, -0.2) is 44.3 Å². The molecule has 0 aliphatic heterocycles. The Kier molecular flexibility index (Phi) is 7.34. The fourth-order valence-corrected chi connectivity index (χ4v) is 4.05. The van der Waals surface area contributed by atoms with Crippen LogP contribution in [0.2, 0.25) is 0 Å². The third kappa shape index (κ3) is 5.27. The van der Waals surface area contributed by atoms with Crippen molar-refractivity contribution in [3.63, 3.8) is 0 Å². The molecule has 7 nitrogen and oxygen atoms in total. The second-order valence-electron chi connectivity index (χ2n) is 5.93. The standard InChI is InChI=1S/C18H22BrN3O4S/c1-4-10-26-18-14(6-5-9-20-18)12-21-17(23)13-7-8-15(19)16(11-13)27(24,25)22(2)3/h5-9,11H,4,10,12H2,1-3H3,(H,21,23). The predicted molar refractivity (Wildman–Crippen MR) is 106 cm³/mol. The van der Waals surface area contributed by atoms with E-state index in [1.54, 1.807) is 24.4 Å². The quantitative estimate of drug-likeness (QED) is 0.660. The number of sulfonamides is 1. The number of pyridine rings is 1. The molecule has 9 heteroatoms. The maximum atomic E-state index is 12.5. The van der Waals surface area contributed by atoms with Crippen LogP contribution in [0.25, 0.3) is 0 Å². The summed E-state index contributed by atoms with van der Waals surface area (Å²) in [6.45, 7) is 2.76. The van der Waals surface area contributed by atoms with Crippen LogP contribution in [0, 0.1) is 0 Å². The Bertz CT molecular complexity index is 917. The van der Waals surface area contributed by atoms with Gasteiger partial charge in [-0.15, -0.1) is 0 Å². The van der Waals surface area contributed by atoms with Crippen LogP contribution >= 0.6 is 15.9 Å². The van der Waals surface area contributed by atoms with E-state index in [0.29, 0.717) is 17.0 Å². The Morgan fingerprint density at radius 1 is 1.30 bits per heavy atom. The van der Waals surface area contributed by atoms with Crippen molar-refractivity contribution in [2.75, 3.05) is 20.7 Å². The van der Waals surface area contributed by atoms with E-state index in [9.17, 15) is 13.2 Å². The number of hydrogen-bond acceptors (Lipinski definition) is 5. The van der Waals surface area contributed by atoms with Crippen LogP contribution in [0.3, 0.4) is 0 Å². The van der Waals surface area contributed by atoms with E-state index in [4.69, 9.17) is 4.74 Å². The molecule has 1 N–H and O–H groups in total. The van der Waals surface area contributed by atoms with Crippen LogP contribution < -0.4 is 10.1 Å². The van der Waals surface area contributed by atoms with Crippen molar-refractivity contribution in [1.29, 1.82) is 0 Å². The second kappa shape index (κ2) is 9.29. The lowest BCUT2D eigenvalue weighted by molar-refractivity contribution is 0.0950. The highest BCUT2D eigenvalue weighted by atomic mass is 79.9. The van der Waals surface area contributed by atoms with Gasteiger partial charge in [-0.2, -0.15) is 0 Å². The second-order valence-corrected chi connectivity index (χ2v) is 8.91. The minimum absolute atomic E-state index is 0.0356. The zero-order chi connectivity index (χ0) is 20.0. The van der Waals surface area contributed by atoms with Gasteiger partial charge in [0.05, 0.1) is 11.5 Å². The number of nitrogens with one attached hydrogen (secondary N) is 1. The number of carbonyl (C=O) groups excluding carboxylic acids is 1. The zero-order valence-corrected chi connectivity index (χ0v) is 17.8. The largest absolute Gasteiger partial charge is 0.477 e. The van der Waals surface area contributed by atoms with Crippen molar-refractivity contribution in [1.82, 2.24) is 14.6 Å². The molecule has 0 aliphatic rings. The zero-order valence-electron chi connectivity index (χ0n) is 15.4. The molecule has 0 saturated heterocycles. The normalized spacial score (nSPS) is 11.4. The number of amides is 1. The lowest BCUT2D eigenvalue weighted by Crippen LogP contribution is -2.25. The van der Waals surface area contributed by atoms with Gasteiger partial charge in [-0.3, -0.25) is 4.79 Å². The number of ether oxygens (including phenoxy) is 1. The molecule has 0 fully saturated rings. The molecule has 1 aromatic heterocycles. The molecule has 0 aliphatic carbocycles. The highest BCUT2D eigenvalue weighted by Crippen LogP contribution is 2.25. The summed E-state index contributed by atoms with van der Waals surface area (Å²) in [4.78, 5) is 16.7. The summed E-state index contributed by atoms with van der Waals surface area (Å²) < 4.78 is 31.9. The van der Waals surface area contributed by atoms with E-state index in [1.807, 2.05) is 13.0 Å². The molecular weight excluding hydrogens is 434 g/mol. The summed E-state index contributed by atoms with van der Waals surface area (Å²) in [5.41, 5.74) is 0.996. The molecule has 146 valence electrons. The third-order valence-electron chi connectivity index (χ3n) is 3.68. The first-order valence-electron chi connectivity index (χ1n) is 8.34. The van der Waals surface area contributed by atoms with Gasteiger partial charge in [-0.1, -0.05) is 13.0 Å². The predicted octanol–water partition coefficient (Wildman–Crippen LogP) is 2.81. The molecule has 0 radical (unpaired) electrons. The first-order chi connectivity index (χ1) is 12.8. The molecule has 1 aromatic carbocycles. The summed E-state index contributed by atoms with van der Waals surface area (Å²) in [6, 6.07) is 8.05. The molecule has 0 unspecified atom stereocenters. The van der Waals surface area contributed by atoms with Crippen molar-refractivity contribution in [2.24, 2.45) is 0 Å². The van der Waals surface area contributed by atoms with Crippen LogP contribution in [0.4, 0.5) is 0 Å². The Balaban J connectivity index is 2.18. The maximum absolute atomic E-state index is 12.5. The molecule has 0 atom stereocenters. The Labute approximate surface area is 167 Å². The number of hydrogen-bond donors (Lipinski definition) is 1. The maximum Gasteiger partial charge on any atom is 0.251 e. The van der Waals surface area contributed by atoms with Crippen molar-refractivity contribution in [3.05, 3.63) is 52.1 Å². The molecule has 0 bridgehead atoms. The average molecular weight is 456 g/mol. The lowest BCUT2D eigenvalue weighted by Gasteiger charge is -2.14. The van der Waals surface area contributed by atoms with Crippen molar-refractivity contribution >= 4 is 31.9 Å². The van der Waals surface area contributed by atoms with E-state index in [1.165, 1.54) is 20.2 Å². The summed E-state index contributed by atoms with van der Waals surface area (Å²) in [6.07, 6.45) is 2.48. The van der Waals surface area contributed by atoms with Gasteiger partial charge in [0, 0.05) is 42.4 Å². The highest BCUT2D eigenvalue weighted by molar-refractivity contribution is 9.10. The summed E-state index contributed by atoms with van der Waals surface area (Å²) >= 11 is 3.23. The molecular formula is C18H22BrN3O4S. The number of benzene rings is 1. The topological polar surface area (TPSA) is 88.6 Å². The van der Waals surface area contributed by atoms with E-state index >= 15 is 0 Å². The fraction of sp³-hybridized carbons (Fsp3) is 0.333. The van der Waals surface area contributed by atoms with Crippen molar-refractivity contribution < 1.29 is 17.9 Å². The minimum Gasteiger partial charge on any atom is -0.477 e. The first kappa shape index (κ1) is 21.3. The molecule has 2 rings (SSSR count). The van der Waals surface area contributed by atoms with Gasteiger partial charge in [-0.05, 0) is 46.6 Å².